The van der Waals surface area contributed by atoms with Gasteiger partial charge in [0.2, 0.25) is 0 Å². The number of rotatable bonds is 4. The molecular weight excluding hydrogens is 458 g/mol. The third-order valence-corrected chi connectivity index (χ3v) is 5.37. The maximum atomic E-state index is 13.1. The second kappa shape index (κ2) is 9.67. The molecule has 0 atom stereocenters. The number of fused-ring (bicyclic) bond motifs is 1. The Labute approximate surface area is 203 Å². The van der Waals surface area contributed by atoms with E-state index in [2.05, 4.69) is 15.0 Å². The van der Waals surface area contributed by atoms with Crippen LogP contribution in [0.25, 0.3) is 11.2 Å². The number of hydrogen-bond acceptors (Lipinski definition) is 9. The fourth-order valence-corrected chi connectivity index (χ4v) is 3.86. The van der Waals surface area contributed by atoms with Crippen molar-refractivity contribution in [1.82, 2.24) is 19.5 Å². The van der Waals surface area contributed by atoms with E-state index in [1.54, 1.807) is 47.9 Å². The number of amides is 2. The van der Waals surface area contributed by atoms with Gasteiger partial charge in [-0.3, -0.25) is 4.79 Å². The number of anilines is 1. The van der Waals surface area contributed by atoms with Crippen molar-refractivity contribution in [2.24, 2.45) is 5.92 Å². The first-order valence-corrected chi connectivity index (χ1v) is 11.5. The average Bonchev–Trinajstić information content (AvgIpc) is 3.15. The summed E-state index contributed by atoms with van der Waals surface area (Å²) in [7, 11) is 1.37. The Bertz CT molecular complexity index is 1080. The van der Waals surface area contributed by atoms with Crippen molar-refractivity contribution >= 4 is 35.1 Å². The minimum Gasteiger partial charge on any atom is -0.481 e. The lowest BCUT2D eigenvalue weighted by atomic mass is 9.86. The van der Waals surface area contributed by atoms with Crippen molar-refractivity contribution < 1.29 is 33.7 Å². The molecule has 0 aromatic carbocycles. The van der Waals surface area contributed by atoms with Gasteiger partial charge in [0, 0.05) is 6.04 Å². The molecule has 0 bridgehead atoms. The summed E-state index contributed by atoms with van der Waals surface area (Å²) in [4.78, 5) is 51.4. The summed E-state index contributed by atoms with van der Waals surface area (Å²) in [5.74, 6) is -1.31. The normalized spacial score (nSPS) is 18.7. The number of ether oxygens (including phenoxy) is 3. The molecule has 2 amide bonds. The van der Waals surface area contributed by atoms with Gasteiger partial charge in [-0.1, -0.05) is 0 Å². The molecule has 0 radical (unpaired) electrons. The summed E-state index contributed by atoms with van der Waals surface area (Å²) in [5.41, 5.74) is -1.25. The van der Waals surface area contributed by atoms with Crippen molar-refractivity contribution in [3.8, 4) is 6.01 Å². The van der Waals surface area contributed by atoms with E-state index >= 15 is 0 Å². The van der Waals surface area contributed by atoms with Gasteiger partial charge < -0.3 is 23.9 Å². The Morgan fingerprint density at radius 1 is 0.971 bits per heavy atom. The summed E-state index contributed by atoms with van der Waals surface area (Å²) in [5, 5.41) is 9.31. The van der Waals surface area contributed by atoms with Crippen LogP contribution in [0.3, 0.4) is 0 Å². The highest BCUT2D eigenvalue weighted by Crippen LogP contribution is 2.36. The molecule has 2 heterocycles. The number of carbonyl (C=O) groups excluding carboxylic acids is 2. The standard InChI is InChI=1S/C23H33N5O7/c1-22(2,3)34-20(31)28(21(32)35-23(4,5)6)17-15-16(25-19(26-17)33-7)27(12-24-15)14-10-8-13(9-11-14)18(29)30/h12-14H,8-11H2,1-7H3,(H,29,30). The number of nitrogens with zero attached hydrogens (tertiary/aromatic N) is 5. The number of carboxylic acids is 1. The Morgan fingerprint density at radius 3 is 1.97 bits per heavy atom. The number of hydrogen-bond donors (Lipinski definition) is 1. The van der Waals surface area contributed by atoms with Crippen LogP contribution in [0.5, 0.6) is 6.01 Å². The Kier molecular flexibility index (Phi) is 7.23. The molecular formula is C23H33N5O7. The molecule has 192 valence electrons. The van der Waals surface area contributed by atoms with Crippen molar-refractivity contribution in [3.63, 3.8) is 0 Å². The first-order valence-electron chi connectivity index (χ1n) is 11.5. The van der Waals surface area contributed by atoms with E-state index in [-0.39, 0.29) is 29.3 Å². The van der Waals surface area contributed by atoms with Crippen LogP contribution in [0.1, 0.15) is 73.3 Å². The van der Waals surface area contributed by atoms with Gasteiger partial charge in [0.1, 0.15) is 11.2 Å². The van der Waals surface area contributed by atoms with E-state index in [1.807, 2.05) is 4.57 Å². The second-order valence-electron chi connectivity index (χ2n) is 10.5. The van der Waals surface area contributed by atoms with Gasteiger partial charge >= 0.3 is 24.2 Å². The van der Waals surface area contributed by atoms with Crippen LogP contribution >= 0.6 is 0 Å². The molecule has 1 N–H and O–H groups in total. The number of carbonyl (C=O) groups is 3. The molecule has 35 heavy (non-hydrogen) atoms. The number of imide groups is 1. The SMILES string of the molecule is COc1nc(N(C(=O)OC(C)(C)C)C(=O)OC(C)(C)C)c2ncn(C3CCC(C(=O)O)CC3)c2n1. The molecule has 12 nitrogen and oxygen atoms in total. The van der Waals surface area contributed by atoms with Crippen LogP contribution in [0.15, 0.2) is 6.33 Å². The summed E-state index contributed by atoms with van der Waals surface area (Å²) in [6.45, 7) is 10.1. The number of aromatic nitrogens is 4. The quantitative estimate of drug-likeness (QED) is 0.655. The molecule has 0 saturated heterocycles. The number of imidazole rings is 1. The number of methoxy groups -OCH3 is 1. The highest BCUT2D eigenvalue weighted by Gasteiger charge is 2.37. The lowest BCUT2D eigenvalue weighted by Gasteiger charge is -2.28. The Balaban J connectivity index is 2.09. The molecule has 2 aromatic heterocycles. The zero-order valence-corrected chi connectivity index (χ0v) is 21.2. The van der Waals surface area contributed by atoms with Gasteiger partial charge in [0.15, 0.2) is 17.0 Å². The van der Waals surface area contributed by atoms with E-state index in [0.29, 0.717) is 36.2 Å². The van der Waals surface area contributed by atoms with Crippen molar-refractivity contribution in [2.45, 2.75) is 84.5 Å². The number of aliphatic carboxylic acids is 1. The molecule has 0 aliphatic heterocycles. The minimum atomic E-state index is -0.981. The molecule has 0 unspecified atom stereocenters. The molecule has 0 spiro atoms. The Hall–Kier alpha value is -3.44. The highest BCUT2D eigenvalue weighted by atomic mass is 16.6. The predicted molar refractivity (Wildman–Crippen MR) is 125 cm³/mol. The van der Waals surface area contributed by atoms with Gasteiger partial charge in [0.05, 0.1) is 19.4 Å². The fraction of sp³-hybridized carbons (Fsp3) is 0.652. The summed E-state index contributed by atoms with van der Waals surface area (Å²) < 4.78 is 18.0. The van der Waals surface area contributed by atoms with Gasteiger partial charge in [-0.05, 0) is 67.2 Å². The summed E-state index contributed by atoms with van der Waals surface area (Å²) in [6.07, 6.45) is 1.87. The smallest absolute Gasteiger partial charge is 0.425 e. The second-order valence-corrected chi connectivity index (χ2v) is 10.5. The van der Waals surface area contributed by atoms with Crippen LogP contribution in [0.2, 0.25) is 0 Å². The van der Waals surface area contributed by atoms with Crippen LogP contribution in [-0.2, 0) is 14.3 Å². The van der Waals surface area contributed by atoms with Gasteiger partial charge in [-0.2, -0.15) is 14.9 Å². The zero-order chi connectivity index (χ0) is 26.1. The van der Waals surface area contributed by atoms with E-state index in [0.717, 1.165) is 0 Å². The van der Waals surface area contributed by atoms with Crippen molar-refractivity contribution in [3.05, 3.63) is 6.33 Å². The lowest BCUT2D eigenvalue weighted by molar-refractivity contribution is -0.143. The van der Waals surface area contributed by atoms with Gasteiger partial charge in [0.25, 0.3) is 0 Å². The first-order chi connectivity index (χ1) is 16.2. The Morgan fingerprint density at radius 2 is 1.51 bits per heavy atom. The van der Waals surface area contributed by atoms with Crippen LogP contribution in [-0.4, -0.2) is 61.1 Å². The zero-order valence-electron chi connectivity index (χ0n) is 21.2. The maximum Gasteiger partial charge on any atom is 0.425 e. The van der Waals surface area contributed by atoms with Crippen LogP contribution < -0.4 is 9.64 Å². The fourth-order valence-electron chi connectivity index (χ4n) is 3.86. The average molecular weight is 492 g/mol. The summed E-state index contributed by atoms with van der Waals surface area (Å²) in [6, 6.07) is -0.134. The molecule has 12 heteroatoms. The van der Waals surface area contributed by atoms with E-state index in [9.17, 15) is 19.5 Å². The van der Waals surface area contributed by atoms with Crippen LogP contribution in [0, 0.1) is 5.92 Å². The predicted octanol–water partition coefficient (Wildman–Crippen LogP) is 4.33. The van der Waals surface area contributed by atoms with E-state index in [4.69, 9.17) is 14.2 Å². The van der Waals surface area contributed by atoms with Gasteiger partial charge in [-0.15, -0.1) is 0 Å². The molecule has 1 aliphatic carbocycles. The minimum absolute atomic E-state index is 0.0560. The van der Waals surface area contributed by atoms with E-state index in [1.165, 1.54) is 7.11 Å². The molecule has 1 saturated carbocycles. The van der Waals surface area contributed by atoms with E-state index < -0.39 is 29.4 Å². The molecule has 1 fully saturated rings. The van der Waals surface area contributed by atoms with Crippen LogP contribution in [0.4, 0.5) is 15.4 Å². The van der Waals surface area contributed by atoms with Crippen molar-refractivity contribution in [1.29, 1.82) is 0 Å². The largest absolute Gasteiger partial charge is 0.481 e. The van der Waals surface area contributed by atoms with Crippen molar-refractivity contribution in [2.75, 3.05) is 12.0 Å². The third kappa shape index (κ3) is 6.17. The molecule has 1 aliphatic rings. The third-order valence-electron chi connectivity index (χ3n) is 5.37. The van der Waals surface area contributed by atoms with Gasteiger partial charge in [-0.25, -0.2) is 14.6 Å². The first kappa shape index (κ1) is 26.2. The monoisotopic (exact) mass is 491 g/mol. The summed E-state index contributed by atoms with van der Waals surface area (Å²) >= 11 is 0. The lowest BCUT2D eigenvalue weighted by Crippen LogP contribution is -2.44. The maximum absolute atomic E-state index is 13.1. The molecule has 3 rings (SSSR count). The molecule has 2 aromatic rings. The highest BCUT2D eigenvalue weighted by molar-refractivity contribution is 6.12. The number of carboxylic acid groups (broad SMARTS) is 1. The topological polar surface area (TPSA) is 146 Å².